The van der Waals surface area contributed by atoms with Gasteiger partial charge in [-0.3, -0.25) is 4.79 Å². The van der Waals surface area contributed by atoms with Crippen LogP contribution in [0.1, 0.15) is 18.9 Å². The minimum atomic E-state index is 0.0998. The lowest BCUT2D eigenvalue weighted by molar-refractivity contribution is -0.118. The number of allylic oxidation sites excluding steroid dienone is 1. The zero-order chi connectivity index (χ0) is 12.5. The summed E-state index contributed by atoms with van der Waals surface area (Å²) in [4.78, 5) is 12.7. The number of nitrogens with one attached hydrogen (secondary N) is 1. The van der Waals surface area contributed by atoms with Crippen molar-refractivity contribution in [3.63, 3.8) is 0 Å². The molecule has 0 bridgehead atoms. The van der Waals surface area contributed by atoms with Gasteiger partial charge in [0.25, 0.3) is 0 Å². The molecule has 0 fully saturated rings. The minimum Gasteiger partial charge on any atom is -0.355 e. The number of benzene rings is 1. The summed E-state index contributed by atoms with van der Waals surface area (Å²) in [6, 6.07) is 8.12. The van der Waals surface area contributed by atoms with Crippen LogP contribution in [-0.4, -0.2) is 18.2 Å². The molecule has 1 aromatic rings. The van der Waals surface area contributed by atoms with Gasteiger partial charge in [0.2, 0.25) is 5.91 Å². The van der Waals surface area contributed by atoms with Gasteiger partial charge in [0.15, 0.2) is 0 Å². The molecule has 0 aliphatic heterocycles. The van der Waals surface area contributed by atoms with E-state index in [-0.39, 0.29) is 5.91 Å². The van der Waals surface area contributed by atoms with Gasteiger partial charge in [-0.2, -0.15) is 0 Å². The Hall–Kier alpha value is -1.22. The lowest BCUT2D eigenvalue weighted by Crippen LogP contribution is -2.25. The summed E-state index contributed by atoms with van der Waals surface area (Å²) >= 11 is 1.59. The van der Waals surface area contributed by atoms with Crippen LogP contribution in [-0.2, 0) is 4.79 Å². The van der Waals surface area contributed by atoms with Crippen LogP contribution in [0.15, 0.2) is 41.3 Å². The van der Waals surface area contributed by atoms with E-state index in [0.29, 0.717) is 5.75 Å². The number of thioether (sulfide) groups is 1. The van der Waals surface area contributed by atoms with Crippen molar-refractivity contribution in [2.24, 2.45) is 0 Å². The van der Waals surface area contributed by atoms with Gasteiger partial charge in [0.05, 0.1) is 5.75 Å². The topological polar surface area (TPSA) is 29.1 Å². The van der Waals surface area contributed by atoms with Crippen LogP contribution < -0.4 is 5.32 Å². The van der Waals surface area contributed by atoms with E-state index in [1.807, 2.05) is 31.2 Å². The molecular formula is C14H19NOS. The predicted octanol–water partition coefficient (Wildman–Crippen LogP) is 3.17. The van der Waals surface area contributed by atoms with Crippen LogP contribution in [0.3, 0.4) is 0 Å². The van der Waals surface area contributed by atoms with Crippen molar-refractivity contribution in [3.8, 4) is 0 Å². The van der Waals surface area contributed by atoms with E-state index in [0.717, 1.165) is 13.0 Å². The van der Waals surface area contributed by atoms with Crippen molar-refractivity contribution in [2.45, 2.75) is 25.2 Å². The Labute approximate surface area is 107 Å². The average Bonchev–Trinajstić information content (AvgIpc) is 2.34. The first-order valence-electron chi connectivity index (χ1n) is 5.80. The van der Waals surface area contributed by atoms with Crippen molar-refractivity contribution in [1.29, 1.82) is 0 Å². The first-order valence-corrected chi connectivity index (χ1v) is 6.79. The molecular weight excluding hydrogens is 230 g/mol. The van der Waals surface area contributed by atoms with E-state index in [1.54, 1.807) is 11.8 Å². The SMILES string of the molecule is C/C=C/CCNC(=O)CSc1ccccc1C. The van der Waals surface area contributed by atoms with Gasteiger partial charge < -0.3 is 5.32 Å². The third-order valence-corrected chi connectivity index (χ3v) is 3.50. The molecule has 0 radical (unpaired) electrons. The molecule has 92 valence electrons. The monoisotopic (exact) mass is 249 g/mol. The Bertz CT molecular complexity index is 388. The Morgan fingerprint density at radius 1 is 1.41 bits per heavy atom. The maximum absolute atomic E-state index is 11.5. The summed E-state index contributed by atoms with van der Waals surface area (Å²) < 4.78 is 0. The minimum absolute atomic E-state index is 0.0998. The van der Waals surface area contributed by atoms with Crippen molar-refractivity contribution in [3.05, 3.63) is 42.0 Å². The summed E-state index contributed by atoms with van der Waals surface area (Å²) in [5.41, 5.74) is 1.22. The summed E-state index contributed by atoms with van der Waals surface area (Å²) in [7, 11) is 0. The fraction of sp³-hybridized carbons (Fsp3) is 0.357. The molecule has 0 spiro atoms. The highest BCUT2D eigenvalue weighted by molar-refractivity contribution is 8.00. The Morgan fingerprint density at radius 3 is 2.88 bits per heavy atom. The van der Waals surface area contributed by atoms with Crippen molar-refractivity contribution in [2.75, 3.05) is 12.3 Å². The third kappa shape index (κ3) is 5.59. The van der Waals surface area contributed by atoms with Gasteiger partial charge in [0, 0.05) is 11.4 Å². The molecule has 1 rings (SSSR count). The maximum Gasteiger partial charge on any atom is 0.230 e. The van der Waals surface area contributed by atoms with E-state index in [9.17, 15) is 4.79 Å². The average molecular weight is 249 g/mol. The molecule has 0 aliphatic rings. The van der Waals surface area contributed by atoms with Crippen molar-refractivity contribution < 1.29 is 4.79 Å². The second kappa shape index (κ2) is 7.96. The fourth-order valence-corrected chi connectivity index (χ4v) is 2.23. The number of rotatable bonds is 6. The highest BCUT2D eigenvalue weighted by Gasteiger charge is 2.03. The Kier molecular flexibility index (Phi) is 6.48. The van der Waals surface area contributed by atoms with Crippen LogP contribution in [0.5, 0.6) is 0 Å². The standard InChI is InChI=1S/C14H19NOS/c1-3-4-7-10-15-14(16)11-17-13-9-6-5-8-12(13)2/h3-6,8-9H,7,10-11H2,1-2H3,(H,15,16)/b4-3+. The molecule has 17 heavy (non-hydrogen) atoms. The highest BCUT2D eigenvalue weighted by atomic mass is 32.2. The molecule has 1 amide bonds. The first-order chi connectivity index (χ1) is 8.24. The van der Waals surface area contributed by atoms with E-state index in [2.05, 4.69) is 24.4 Å². The maximum atomic E-state index is 11.5. The molecule has 0 atom stereocenters. The molecule has 2 nitrogen and oxygen atoms in total. The number of hydrogen-bond acceptors (Lipinski definition) is 2. The summed E-state index contributed by atoms with van der Waals surface area (Å²) in [5.74, 6) is 0.587. The molecule has 1 aromatic carbocycles. The van der Waals surface area contributed by atoms with Gasteiger partial charge in [-0.1, -0.05) is 30.4 Å². The van der Waals surface area contributed by atoms with Crippen LogP contribution in [0.4, 0.5) is 0 Å². The number of carbonyl (C=O) groups excluding carboxylic acids is 1. The van der Waals surface area contributed by atoms with E-state index >= 15 is 0 Å². The second-order valence-corrected chi connectivity index (χ2v) is 4.78. The van der Waals surface area contributed by atoms with Gasteiger partial charge in [-0.05, 0) is 31.9 Å². The molecule has 0 unspecified atom stereocenters. The molecule has 1 N–H and O–H groups in total. The summed E-state index contributed by atoms with van der Waals surface area (Å²) in [6.45, 7) is 4.76. The first kappa shape index (κ1) is 13.8. The summed E-state index contributed by atoms with van der Waals surface area (Å²) in [6.07, 6.45) is 4.94. The Morgan fingerprint density at radius 2 is 2.18 bits per heavy atom. The van der Waals surface area contributed by atoms with Gasteiger partial charge in [-0.25, -0.2) is 0 Å². The zero-order valence-corrected chi connectivity index (χ0v) is 11.2. The lowest BCUT2D eigenvalue weighted by Gasteiger charge is -2.05. The summed E-state index contributed by atoms with van der Waals surface area (Å²) in [5, 5.41) is 2.90. The van der Waals surface area contributed by atoms with Crippen LogP contribution >= 0.6 is 11.8 Å². The number of amides is 1. The molecule has 0 aromatic heterocycles. The smallest absolute Gasteiger partial charge is 0.230 e. The van der Waals surface area contributed by atoms with E-state index in [1.165, 1.54) is 10.5 Å². The molecule has 3 heteroatoms. The lowest BCUT2D eigenvalue weighted by atomic mass is 10.2. The Balaban J connectivity index is 2.26. The van der Waals surface area contributed by atoms with Crippen LogP contribution in [0.2, 0.25) is 0 Å². The number of hydrogen-bond donors (Lipinski definition) is 1. The molecule has 0 aliphatic carbocycles. The second-order valence-electron chi connectivity index (χ2n) is 3.76. The largest absolute Gasteiger partial charge is 0.355 e. The van der Waals surface area contributed by atoms with E-state index in [4.69, 9.17) is 0 Å². The quantitative estimate of drug-likeness (QED) is 0.476. The van der Waals surface area contributed by atoms with Crippen molar-refractivity contribution >= 4 is 17.7 Å². The van der Waals surface area contributed by atoms with Gasteiger partial charge >= 0.3 is 0 Å². The third-order valence-electron chi connectivity index (χ3n) is 2.32. The van der Waals surface area contributed by atoms with Crippen LogP contribution in [0, 0.1) is 6.92 Å². The molecule has 0 saturated carbocycles. The highest BCUT2D eigenvalue weighted by Crippen LogP contribution is 2.21. The van der Waals surface area contributed by atoms with Crippen LogP contribution in [0.25, 0.3) is 0 Å². The number of aryl methyl sites for hydroxylation is 1. The van der Waals surface area contributed by atoms with E-state index < -0.39 is 0 Å². The van der Waals surface area contributed by atoms with Gasteiger partial charge in [0.1, 0.15) is 0 Å². The molecule has 0 heterocycles. The van der Waals surface area contributed by atoms with Gasteiger partial charge in [-0.15, -0.1) is 11.8 Å². The molecule has 0 saturated heterocycles. The zero-order valence-electron chi connectivity index (χ0n) is 10.4. The van der Waals surface area contributed by atoms with Crippen molar-refractivity contribution in [1.82, 2.24) is 5.32 Å². The number of carbonyl (C=O) groups is 1. The fourth-order valence-electron chi connectivity index (χ4n) is 1.37. The predicted molar refractivity (Wildman–Crippen MR) is 74.3 cm³/mol. The normalized spacial score (nSPS) is 10.7.